The first-order valence-corrected chi connectivity index (χ1v) is 23.5. The molecule has 3 aromatic rings. The number of pyridine rings is 1. The van der Waals surface area contributed by atoms with Crippen LogP contribution in [-0.2, 0) is 49.2 Å². The van der Waals surface area contributed by atoms with Crippen LogP contribution in [-0.4, -0.2) is 170 Å². The average Bonchev–Trinajstić information content (AvgIpc) is 3.88. The van der Waals surface area contributed by atoms with Gasteiger partial charge < -0.3 is 55.9 Å². The van der Waals surface area contributed by atoms with Gasteiger partial charge in [0.15, 0.2) is 0 Å². The van der Waals surface area contributed by atoms with Crippen LogP contribution in [0.5, 0.6) is 0 Å². The maximum absolute atomic E-state index is 13.2. The highest BCUT2D eigenvalue weighted by atomic mass is 19.4. The van der Waals surface area contributed by atoms with E-state index in [4.69, 9.17) is 19.9 Å². The van der Waals surface area contributed by atoms with Gasteiger partial charge in [-0.1, -0.05) is 6.07 Å². The lowest BCUT2D eigenvalue weighted by Crippen LogP contribution is -2.46. The van der Waals surface area contributed by atoms with E-state index in [2.05, 4.69) is 62.0 Å². The molecule has 20 nitrogen and oxygen atoms in total. The lowest BCUT2D eigenvalue weighted by Gasteiger charge is -2.39. The molecule has 6 rings (SSSR count). The van der Waals surface area contributed by atoms with Crippen LogP contribution < -0.4 is 27.0 Å². The van der Waals surface area contributed by atoms with Crippen molar-refractivity contribution in [3.63, 3.8) is 0 Å². The van der Waals surface area contributed by atoms with Crippen molar-refractivity contribution < 1.29 is 56.1 Å². The molecule has 2 saturated heterocycles. The number of alkyl halides is 3. The van der Waals surface area contributed by atoms with Gasteiger partial charge >= 0.3 is 6.18 Å². The predicted octanol–water partition coefficient (Wildman–Crippen LogP) is 2.58. The number of benzene rings is 1. The number of aromatic nitrogens is 3. The predicted molar refractivity (Wildman–Crippen MR) is 253 cm³/mol. The fraction of sp³-hybridized carbons (Fsp3) is 0.596. The van der Waals surface area contributed by atoms with Gasteiger partial charge in [0.25, 0.3) is 0 Å². The molecule has 0 bridgehead atoms. The fourth-order valence-corrected chi connectivity index (χ4v) is 8.14. The zero-order valence-electron chi connectivity index (χ0n) is 40.4. The standard InChI is InChI=1S/C23H30F3N5O.C14H26N4O7.C10H12N2O/c1-14(2)30(3)16-5-7-17(8-6-16)31-11-10-20(22(31)32)29-21-18-12-15(23(24,25)26)4-9-19(18)27-13-28-21;15-12(20)9-25-8-7-23-5-3-18-14(22)10-24-6-4-17-13(21)1-2-16-11-19;1-12-9(4-5-10(12)13)8-3-2-6-11-7-8/h4,9,12-14,16-17,20H,5-8,10-11H2,1-3H3,(H,27,28,29);11H,1-10H2,(H2,15,20)(H,16,19)(H,17,21)(H,18,22);2-3,6-7,9H,4-5H2,1H3. The van der Waals surface area contributed by atoms with Crippen LogP contribution in [0.1, 0.15) is 82.4 Å². The number of nitrogens with zero attached hydrogens (tertiary/aromatic N) is 6. The molecule has 2 atom stereocenters. The highest BCUT2D eigenvalue weighted by molar-refractivity contribution is 5.93. The molecule has 3 fully saturated rings. The van der Waals surface area contributed by atoms with Crippen molar-refractivity contribution in [2.45, 2.75) is 102 Å². The number of fused-ring (bicyclic) bond motifs is 1. The molecule has 2 aromatic heterocycles. The van der Waals surface area contributed by atoms with E-state index in [-0.39, 0.29) is 92.9 Å². The van der Waals surface area contributed by atoms with E-state index >= 15 is 0 Å². The minimum atomic E-state index is -4.45. The molecule has 0 spiro atoms. The molecule has 1 aromatic carbocycles. The summed E-state index contributed by atoms with van der Waals surface area (Å²) in [5, 5.41) is 10.9. The van der Waals surface area contributed by atoms with Gasteiger partial charge in [-0.15, -0.1) is 0 Å². The summed E-state index contributed by atoms with van der Waals surface area (Å²) in [6.45, 7) is 6.70. The summed E-state index contributed by atoms with van der Waals surface area (Å²) < 4.78 is 54.7. The van der Waals surface area contributed by atoms with Crippen LogP contribution in [0.4, 0.5) is 19.0 Å². The fourth-order valence-electron chi connectivity index (χ4n) is 8.14. The summed E-state index contributed by atoms with van der Waals surface area (Å²) >= 11 is 0. The molecular weight excluding hydrogens is 920 g/mol. The molecule has 2 aliphatic heterocycles. The molecule has 1 aliphatic carbocycles. The maximum Gasteiger partial charge on any atom is 0.416 e. The van der Waals surface area contributed by atoms with E-state index in [1.165, 1.54) is 12.4 Å². The van der Waals surface area contributed by atoms with Gasteiger partial charge in [0.1, 0.15) is 31.4 Å². The van der Waals surface area contributed by atoms with Crippen molar-refractivity contribution >= 4 is 52.7 Å². The van der Waals surface area contributed by atoms with Gasteiger partial charge in [-0.2, -0.15) is 13.2 Å². The average molecular weight is 988 g/mol. The number of nitrogens with one attached hydrogen (secondary N) is 4. The Labute approximate surface area is 406 Å². The van der Waals surface area contributed by atoms with Gasteiger partial charge in [0.2, 0.25) is 35.9 Å². The van der Waals surface area contributed by atoms with Gasteiger partial charge in [-0.3, -0.25) is 33.8 Å². The number of hydrogen-bond donors (Lipinski definition) is 5. The SMILES string of the molecule is CC(C)N(C)C1CCC(N2CCC(Nc3ncnc4ccc(C(F)(F)F)cc34)C2=O)CC1.CN1C(=O)CCC1c1cccnc1.NC(=O)COCCOCCNC(=O)COCCNC(=O)CCNC=O. The molecule has 3 aliphatic rings. The number of ether oxygens (including phenoxy) is 3. The molecule has 70 heavy (non-hydrogen) atoms. The van der Waals surface area contributed by atoms with Crippen molar-refractivity contribution in [3.05, 3.63) is 60.2 Å². The quantitative estimate of drug-likeness (QED) is 0.0677. The van der Waals surface area contributed by atoms with E-state index in [9.17, 15) is 41.9 Å². The van der Waals surface area contributed by atoms with E-state index in [1.54, 1.807) is 11.1 Å². The Morgan fingerprint density at radius 1 is 0.914 bits per heavy atom. The molecule has 2 unspecified atom stereocenters. The highest BCUT2D eigenvalue weighted by Gasteiger charge is 2.39. The Kier molecular flexibility index (Phi) is 23.6. The largest absolute Gasteiger partial charge is 0.416 e. The Morgan fingerprint density at radius 2 is 1.61 bits per heavy atom. The van der Waals surface area contributed by atoms with Gasteiger partial charge in [0.05, 0.1) is 43.5 Å². The number of hydrogen-bond acceptors (Lipinski definition) is 14. The number of anilines is 1. The minimum absolute atomic E-state index is 0.00408. The Balaban J connectivity index is 0.000000248. The van der Waals surface area contributed by atoms with Crippen LogP contribution in [0, 0.1) is 0 Å². The topological polar surface area (TPSA) is 253 Å². The number of primary amides is 1. The number of halogens is 3. The number of carbonyl (C=O) groups is 6. The van der Waals surface area contributed by atoms with Crippen molar-refractivity contribution in [2.75, 3.05) is 85.2 Å². The van der Waals surface area contributed by atoms with Crippen molar-refractivity contribution in [1.29, 1.82) is 0 Å². The number of likely N-dealkylation sites (tertiary alicyclic amines) is 2. The van der Waals surface area contributed by atoms with Crippen molar-refractivity contribution in [2.24, 2.45) is 5.73 Å². The molecule has 386 valence electrons. The number of nitrogens with two attached hydrogens (primary N) is 1. The third-order valence-electron chi connectivity index (χ3n) is 12.1. The van der Waals surface area contributed by atoms with Gasteiger partial charge in [-0.25, -0.2) is 9.97 Å². The first-order valence-electron chi connectivity index (χ1n) is 23.5. The lowest BCUT2D eigenvalue weighted by atomic mass is 9.89. The zero-order chi connectivity index (χ0) is 51.1. The molecule has 1 saturated carbocycles. The van der Waals surface area contributed by atoms with Crippen LogP contribution in [0.3, 0.4) is 0 Å². The van der Waals surface area contributed by atoms with Crippen LogP contribution >= 0.6 is 0 Å². The zero-order valence-corrected chi connectivity index (χ0v) is 40.4. The van der Waals surface area contributed by atoms with E-state index in [0.717, 1.165) is 49.8 Å². The minimum Gasteiger partial charge on any atom is -0.377 e. The van der Waals surface area contributed by atoms with Crippen molar-refractivity contribution in [3.8, 4) is 0 Å². The first kappa shape index (κ1) is 56.5. The third-order valence-corrected chi connectivity index (χ3v) is 12.1. The second-order valence-electron chi connectivity index (χ2n) is 17.2. The Hall–Kier alpha value is -6.04. The van der Waals surface area contributed by atoms with Crippen LogP contribution in [0.25, 0.3) is 10.9 Å². The molecule has 23 heteroatoms. The van der Waals surface area contributed by atoms with Crippen LogP contribution in [0.15, 0.2) is 49.1 Å². The second kappa shape index (κ2) is 29.2. The highest BCUT2D eigenvalue weighted by Crippen LogP contribution is 2.34. The summed E-state index contributed by atoms with van der Waals surface area (Å²) in [6, 6.07) is 8.34. The third kappa shape index (κ3) is 18.7. The summed E-state index contributed by atoms with van der Waals surface area (Å²) in [5.74, 6) is -0.544. The molecule has 0 radical (unpaired) electrons. The van der Waals surface area contributed by atoms with E-state index in [1.807, 2.05) is 30.3 Å². The molecule has 6 amide bonds. The first-order chi connectivity index (χ1) is 33.5. The van der Waals surface area contributed by atoms with Crippen molar-refractivity contribution in [1.82, 2.24) is 45.6 Å². The van der Waals surface area contributed by atoms with E-state index in [0.29, 0.717) is 63.2 Å². The molecule has 4 heterocycles. The Morgan fingerprint density at radius 3 is 2.26 bits per heavy atom. The maximum atomic E-state index is 13.2. The second-order valence-corrected chi connectivity index (χ2v) is 17.2. The van der Waals surface area contributed by atoms with E-state index < -0.39 is 23.7 Å². The Bertz CT molecular complexity index is 2130. The smallest absolute Gasteiger partial charge is 0.377 e. The van der Waals surface area contributed by atoms with Gasteiger partial charge in [-0.05, 0) is 89.2 Å². The number of amides is 6. The summed E-state index contributed by atoms with van der Waals surface area (Å²) in [4.78, 5) is 85.9. The monoisotopic (exact) mass is 988 g/mol. The summed E-state index contributed by atoms with van der Waals surface area (Å²) in [7, 11) is 4.01. The summed E-state index contributed by atoms with van der Waals surface area (Å²) in [5.41, 5.74) is 5.67. The number of carbonyl (C=O) groups excluding carboxylic acids is 6. The van der Waals surface area contributed by atoms with Crippen LogP contribution in [0.2, 0.25) is 0 Å². The lowest BCUT2D eigenvalue weighted by molar-refractivity contribution is -0.137. The molecular formula is C47H68F3N11O9. The molecule has 6 N–H and O–H groups in total. The number of rotatable bonds is 23. The normalized spacial score (nSPS) is 19.0. The summed E-state index contributed by atoms with van der Waals surface area (Å²) in [6.07, 6.45) is 7.43. The van der Waals surface area contributed by atoms with Gasteiger partial charge in [0, 0.05) is 82.0 Å².